The summed E-state index contributed by atoms with van der Waals surface area (Å²) in [6.07, 6.45) is 4.63. The molecule has 0 aromatic rings. The van der Waals surface area contributed by atoms with Crippen molar-refractivity contribution in [1.82, 2.24) is 10.2 Å². The Morgan fingerprint density at radius 2 is 1.89 bits per heavy atom. The molecule has 0 spiro atoms. The Morgan fingerprint density at radius 3 is 2.39 bits per heavy atom. The van der Waals surface area contributed by atoms with Crippen LogP contribution in [0.5, 0.6) is 0 Å². The molecule has 0 aliphatic carbocycles. The maximum Gasteiger partial charge on any atom is 0.226 e. The maximum absolute atomic E-state index is 12.3. The van der Waals surface area contributed by atoms with E-state index in [1.54, 1.807) is 0 Å². The quantitative estimate of drug-likeness (QED) is 0.838. The van der Waals surface area contributed by atoms with Gasteiger partial charge >= 0.3 is 0 Å². The van der Waals surface area contributed by atoms with Gasteiger partial charge in [-0.15, -0.1) is 12.4 Å². The Balaban J connectivity index is 0.00000162. The van der Waals surface area contributed by atoms with Crippen LogP contribution >= 0.6 is 12.4 Å². The fourth-order valence-electron chi connectivity index (χ4n) is 3.11. The number of carbonyl (C=O) groups is 1. The van der Waals surface area contributed by atoms with Crippen LogP contribution in [-0.4, -0.2) is 37.0 Å². The van der Waals surface area contributed by atoms with E-state index >= 15 is 0 Å². The average molecular weight is 275 g/mol. The first kappa shape index (κ1) is 15.8. The van der Waals surface area contributed by atoms with Crippen molar-refractivity contribution >= 4 is 18.3 Å². The van der Waals surface area contributed by atoms with Crippen molar-refractivity contribution in [1.29, 1.82) is 0 Å². The number of hydrogen-bond donors (Lipinski definition) is 1. The number of nitrogens with zero attached hydrogens (tertiary/aromatic N) is 1. The van der Waals surface area contributed by atoms with Crippen LogP contribution in [0.1, 0.15) is 39.5 Å². The van der Waals surface area contributed by atoms with Gasteiger partial charge in [0.1, 0.15) is 0 Å². The van der Waals surface area contributed by atoms with Gasteiger partial charge < -0.3 is 10.2 Å². The van der Waals surface area contributed by atoms with E-state index in [1.165, 1.54) is 12.8 Å². The first-order valence-electron chi connectivity index (χ1n) is 7.18. The highest BCUT2D eigenvalue weighted by Gasteiger charge is 2.29. The highest BCUT2D eigenvalue weighted by atomic mass is 35.5. The van der Waals surface area contributed by atoms with Gasteiger partial charge in [-0.3, -0.25) is 4.79 Å². The van der Waals surface area contributed by atoms with Crippen LogP contribution in [0, 0.1) is 17.8 Å². The van der Waals surface area contributed by atoms with Crippen LogP contribution in [0.4, 0.5) is 0 Å². The summed E-state index contributed by atoms with van der Waals surface area (Å²) in [7, 11) is 0. The average Bonchev–Trinajstić information content (AvgIpc) is 2.39. The van der Waals surface area contributed by atoms with Gasteiger partial charge in [-0.1, -0.05) is 13.8 Å². The fraction of sp³-hybridized carbons (Fsp3) is 0.929. The van der Waals surface area contributed by atoms with Gasteiger partial charge in [0.2, 0.25) is 5.91 Å². The highest BCUT2D eigenvalue weighted by Crippen LogP contribution is 2.26. The molecule has 0 saturated carbocycles. The third kappa shape index (κ3) is 3.86. The molecule has 1 N–H and O–H groups in total. The molecule has 2 heterocycles. The van der Waals surface area contributed by atoms with Crippen molar-refractivity contribution in [2.45, 2.75) is 39.5 Å². The van der Waals surface area contributed by atoms with Gasteiger partial charge in [-0.2, -0.15) is 0 Å². The predicted molar refractivity (Wildman–Crippen MR) is 77.0 cm³/mol. The lowest BCUT2D eigenvalue weighted by Crippen LogP contribution is -2.46. The second-order valence-electron chi connectivity index (χ2n) is 5.95. The summed E-state index contributed by atoms with van der Waals surface area (Å²) in [5, 5.41) is 3.33. The van der Waals surface area contributed by atoms with E-state index in [-0.39, 0.29) is 18.3 Å². The molecule has 0 aromatic carbocycles. The van der Waals surface area contributed by atoms with Gasteiger partial charge in [0.25, 0.3) is 0 Å². The lowest BCUT2D eigenvalue weighted by molar-refractivity contribution is -0.137. The minimum Gasteiger partial charge on any atom is -0.342 e. The van der Waals surface area contributed by atoms with Crippen molar-refractivity contribution in [2.75, 3.05) is 26.2 Å². The summed E-state index contributed by atoms with van der Waals surface area (Å²) in [5.41, 5.74) is 0. The van der Waals surface area contributed by atoms with Crippen molar-refractivity contribution in [3.05, 3.63) is 0 Å². The Hall–Kier alpha value is -0.280. The van der Waals surface area contributed by atoms with Crippen molar-refractivity contribution in [3.63, 3.8) is 0 Å². The molecule has 0 unspecified atom stereocenters. The van der Waals surface area contributed by atoms with Gasteiger partial charge in [0.15, 0.2) is 0 Å². The Labute approximate surface area is 117 Å². The molecule has 2 saturated heterocycles. The maximum atomic E-state index is 12.3. The number of halogens is 1. The molecule has 2 aliphatic rings. The summed E-state index contributed by atoms with van der Waals surface area (Å²) in [6.45, 7) is 8.54. The summed E-state index contributed by atoms with van der Waals surface area (Å²) < 4.78 is 0. The van der Waals surface area contributed by atoms with Crippen LogP contribution in [0.15, 0.2) is 0 Å². The van der Waals surface area contributed by atoms with E-state index in [1.807, 2.05) is 0 Å². The highest BCUT2D eigenvalue weighted by molar-refractivity contribution is 5.85. The van der Waals surface area contributed by atoms with Crippen LogP contribution < -0.4 is 5.32 Å². The zero-order chi connectivity index (χ0) is 12.3. The van der Waals surface area contributed by atoms with Gasteiger partial charge in [-0.05, 0) is 44.1 Å². The largest absolute Gasteiger partial charge is 0.342 e. The molecule has 18 heavy (non-hydrogen) atoms. The van der Waals surface area contributed by atoms with Crippen molar-refractivity contribution in [2.24, 2.45) is 17.8 Å². The third-order valence-electron chi connectivity index (χ3n) is 4.44. The molecule has 2 aliphatic heterocycles. The van der Waals surface area contributed by atoms with E-state index in [9.17, 15) is 4.79 Å². The third-order valence-corrected chi connectivity index (χ3v) is 4.44. The number of nitrogens with one attached hydrogen (secondary N) is 1. The zero-order valence-electron chi connectivity index (χ0n) is 11.7. The number of carbonyl (C=O) groups excluding carboxylic acids is 1. The molecular formula is C14H27ClN2O. The lowest BCUT2D eigenvalue weighted by Gasteiger charge is -2.36. The minimum atomic E-state index is 0. The number of likely N-dealkylation sites (tertiary alicyclic amines) is 1. The first-order valence-corrected chi connectivity index (χ1v) is 7.18. The van der Waals surface area contributed by atoms with Gasteiger partial charge in [-0.25, -0.2) is 0 Å². The van der Waals surface area contributed by atoms with E-state index in [0.717, 1.165) is 50.9 Å². The Kier molecular flexibility index (Phi) is 6.44. The van der Waals surface area contributed by atoms with Crippen LogP contribution in [0.25, 0.3) is 0 Å². The Morgan fingerprint density at radius 1 is 1.22 bits per heavy atom. The van der Waals surface area contributed by atoms with E-state index in [0.29, 0.717) is 5.91 Å². The molecule has 1 atom stereocenters. The molecule has 2 fully saturated rings. The standard InChI is InChI=1S/C14H26N2O.ClH/c1-11(2)12-5-8-16(9-6-12)14(17)13-4-3-7-15-10-13;/h11-13,15H,3-10H2,1-2H3;1H/t13-;/m1./s1. The number of amides is 1. The van der Waals surface area contributed by atoms with Crippen LogP contribution in [0.2, 0.25) is 0 Å². The Bertz CT molecular complexity index is 257. The second kappa shape index (κ2) is 7.34. The SMILES string of the molecule is CC(C)C1CCN(C(=O)[C@@H]2CCCNC2)CC1.Cl. The van der Waals surface area contributed by atoms with Gasteiger partial charge in [0, 0.05) is 19.6 Å². The first-order chi connectivity index (χ1) is 8.18. The summed E-state index contributed by atoms with van der Waals surface area (Å²) >= 11 is 0. The van der Waals surface area contributed by atoms with Gasteiger partial charge in [0.05, 0.1) is 5.92 Å². The summed E-state index contributed by atoms with van der Waals surface area (Å²) in [6, 6.07) is 0. The smallest absolute Gasteiger partial charge is 0.226 e. The van der Waals surface area contributed by atoms with Crippen molar-refractivity contribution < 1.29 is 4.79 Å². The molecule has 0 radical (unpaired) electrons. The molecular weight excluding hydrogens is 248 g/mol. The van der Waals surface area contributed by atoms with E-state index in [2.05, 4.69) is 24.1 Å². The number of rotatable bonds is 2. The summed E-state index contributed by atoms with van der Waals surface area (Å²) in [5.74, 6) is 2.24. The molecule has 0 bridgehead atoms. The van der Waals surface area contributed by atoms with Crippen LogP contribution in [-0.2, 0) is 4.79 Å². The molecule has 106 valence electrons. The molecule has 1 amide bonds. The second-order valence-corrected chi connectivity index (χ2v) is 5.95. The van der Waals surface area contributed by atoms with E-state index in [4.69, 9.17) is 0 Å². The summed E-state index contributed by atoms with van der Waals surface area (Å²) in [4.78, 5) is 14.4. The predicted octanol–water partition coefficient (Wildman–Crippen LogP) is 2.30. The number of hydrogen-bond acceptors (Lipinski definition) is 2. The van der Waals surface area contributed by atoms with Crippen molar-refractivity contribution in [3.8, 4) is 0 Å². The fourth-order valence-corrected chi connectivity index (χ4v) is 3.11. The van der Waals surface area contributed by atoms with E-state index < -0.39 is 0 Å². The lowest BCUT2D eigenvalue weighted by atomic mass is 9.86. The molecule has 2 rings (SSSR count). The minimum absolute atomic E-state index is 0. The topological polar surface area (TPSA) is 32.3 Å². The monoisotopic (exact) mass is 274 g/mol. The number of piperidine rings is 2. The zero-order valence-corrected chi connectivity index (χ0v) is 12.5. The molecule has 3 nitrogen and oxygen atoms in total. The normalized spacial score (nSPS) is 25.9. The molecule has 0 aromatic heterocycles. The molecule has 4 heteroatoms. The van der Waals surface area contributed by atoms with Crippen LogP contribution in [0.3, 0.4) is 0 Å².